The average Bonchev–Trinajstić information content (AvgIpc) is 2.90. The van der Waals surface area contributed by atoms with Gasteiger partial charge in [0.15, 0.2) is 0 Å². The van der Waals surface area contributed by atoms with Gasteiger partial charge in [-0.1, -0.05) is 72.6 Å². The van der Waals surface area contributed by atoms with Crippen LogP contribution in [0.25, 0.3) is 0 Å². The molecule has 40 heavy (non-hydrogen) atoms. The molecular weight excluding hydrogens is 522 g/mol. The zero-order chi connectivity index (χ0) is 29.5. The molecule has 7 nitrogen and oxygen atoms in total. The first-order valence-corrected chi connectivity index (χ1v) is 15.1. The average molecular weight is 564 g/mol. The molecule has 0 saturated heterocycles. The predicted octanol–water partition coefficient (Wildman–Crippen LogP) is 5.26. The molecule has 0 bridgehead atoms. The number of nitrogens with zero attached hydrogens (tertiary/aromatic N) is 2. The van der Waals surface area contributed by atoms with E-state index in [4.69, 9.17) is 0 Å². The lowest BCUT2D eigenvalue weighted by molar-refractivity contribution is -0.140. The van der Waals surface area contributed by atoms with Crippen LogP contribution in [0.1, 0.15) is 50.8 Å². The van der Waals surface area contributed by atoms with Crippen LogP contribution in [-0.4, -0.2) is 49.8 Å². The lowest BCUT2D eigenvalue weighted by Crippen LogP contribution is -2.56. The van der Waals surface area contributed by atoms with E-state index in [0.717, 1.165) is 21.0 Å². The van der Waals surface area contributed by atoms with E-state index in [2.05, 4.69) is 5.32 Å². The number of benzene rings is 3. The Hall–Kier alpha value is -3.65. The van der Waals surface area contributed by atoms with Gasteiger partial charge < -0.3 is 10.2 Å². The molecule has 3 aromatic carbocycles. The molecule has 0 unspecified atom stereocenters. The number of nitrogens with one attached hydrogen (secondary N) is 1. The lowest BCUT2D eigenvalue weighted by Gasteiger charge is -2.34. The summed E-state index contributed by atoms with van der Waals surface area (Å²) in [6.45, 7) is 11.2. The Morgan fingerprint density at radius 2 is 1.40 bits per heavy atom. The number of hydrogen-bond donors (Lipinski definition) is 1. The van der Waals surface area contributed by atoms with Gasteiger partial charge in [-0.25, -0.2) is 8.42 Å². The van der Waals surface area contributed by atoms with Gasteiger partial charge in [0.1, 0.15) is 12.6 Å². The van der Waals surface area contributed by atoms with Crippen LogP contribution in [0.2, 0.25) is 0 Å². The Labute approximate surface area is 239 Å². The summed E-state index contributed by atoms with van der Waals surface area (Å²) in [5, 5.41) is 2.99. The summed E-state index contributed by atoms with van der Waals surface area (Å²) in [7, 11) is -4.08. The Bertz CT molecular complexity index is 1380. The minimum Gasteiger partial charge on any atom is -0.350 e. The fourth-order valence-electron chi connectivity index (χ4n) is 4.43. The van der Waals surface area contributed by atoms with E-state index in [-0.39, 0.29) is 17.3 Å². The van der Waals surface area contributed by atoms with Crippen LogP contribution < -0.4 is 9.62 Å². The van der Waals surface area contributed by atoms with Crippen molar-refractivity contribution in [2.75, 3.05) is 17.4 Å². The molecule has 0 aliphatic carbocycles. The number of carbonyl (C=O) groups is 2. The Kier molecular flexibility index (Phi) is 10.1. The second kappa shape index (κ2) is 13.1. The second-order valence-corrected chi connectivity index (χ2v) is 13.0. The highest BCUT2D eigenvalue weighted by Crippen LogP contribution is 2.25. The van der Waals surface area contributed by atoms with Crippen LogP contribution in [-0.2, 0) is 26.0 Å². The molecular formula is C32H41N3O4S. The maximum Gasteiger partial charge on any atom is 0.264 e. The van der Waals surface area contributed by atoms with Gasteiger partial charge in [0.05, 0.1) is 10.6 Å². The Balaban J connectivity index is 2.01. The molecule has 1 atom stereocenters. The lowest BCUT2D eigenvalue weighted by atomic mass is 10.1. The maximum absolute atomic E-state index is 14.1. The molecule has 8 heteroatoms. The standard InChI is InChI=1S/C32H41N3O4S/c1-7-29(31(37)33-32(4,5)6)34(22-21-26-11-9-8-10-12-26)30(36)23-35(27-17-13-24(2)14-18-27)40(38,39)28-19-15-25(3)16-20-28/h8-20,29H,7,21-23H2,1-6H3,(H,33,37)/t29-/m0/s1. The van der Waals surface area contributed by atoms with E-state index in [0.29, 0.717) is 18.5 Å². The summed E-state index contributed by atoms with van der Waals surface area (Å²) >= 11 is 0. The van der Waals surface area contributed by atoms with Crippen molar-refractivity contribution in [1.29, 1.82) is 0 Å². The van der Waals surface area contributed by atoms with Crippen molar-refractivity contribution < 1.29 is 18.0 Å². The van der Waals surface area contributed by atoms with E-state index in [1.807, 2.05) is 84.0 Å². The van der Waals surface area contributed by atoms with Crippen molar-refractivity contribution in [2.45, 2.75) is 70.9 Å². The first-order chi connectivity index (χ1) is 18.8. The summed E-state index contributed by atoms with van der Waals surface area (Å²) < 4.78 is 28.9. The van der Waals surface area contributed by atoms with Crippen molar-refractivity contribution >= 4 is 27.5 Å². The van der Waals surface area contributed by atoms with Gasteiger partial charge in [-0.2, -0.15) is 0 Å². The fraction of sp³-hybridized carbons (Fsp3) is 0.375. The third-order valence-electron chi connectivity index (χ3n) is 6.58. The molecule has 1 N–H and O–H groups in total. The Morgan fingerprint density at radius 3 is 1.93 bits per heavy atom. The summed E-state index contributed by atoms with van der Waals surface area (Å²) in [5.41, 5.74) is 2.82. The highest BCUT2D eigenvalue weighted by Gasteiger charge is 2.34. The minimum absolute atomic E-state index is 0.0971. The van der Waals surface area contributed by atoms with Crippen LogP contribution in [0, 0.1) is 13.8 Å². The van der Waals surface area contributed by atoms with Gasteiger partial charge in [-0.15, -0.1) is 0 Å². The minimum atomic E-state index is -4.08. The molecule has 3 rings (SSSR count). The molecule has 0 radical (unpaired) electrons. The first kappa shape index (κ1) is 30.9. The molecule has 2 amide bonds. The van der Waals surface area contributed by atoms with Crippen LogP contribution in [0.3, 0.4) is 0 Å². The maximum atomic E-state index is 14.1. The SMILES string of the molecule is CC[C@@H](C(=O)NC(C)(C)C)N(CCc1ccccc1)C(=O)CN(c1ccc(C)cc1)S(=O)(=O)c1ccc(C)cc1. The van der Waals surface area contributed by atoms with Crippen molar-refractivity contribution in [3.63, 3.8) is 0 Å². The van der Waals surface area contributed by atoms with Crippen molar-refractivity contribution in [2.24, 2.45) is 0 Å². The van der Waals surface area contributed by atoms with Gasteiger partial charge in [-0.05, 0) is 77.3 Å². The van der Waals surface area contributed by atoms with Crippen LogP contribution in [0.5, 0.6) is 0 Å². The molecule has 0 heterocycles. The summed E-state index contributed by atoms with van der Waals surface area (Å²) in [4.78, 5) is 29.0. The summed E-state index contributed by atoms with van der Waals surface area (Å²) in [6, 6.07) is 22.6. The summed E-state index contributed by atoms with van der Waals surface area (Å²) in [6.07, 6.45) is 0.915. The monoisotopic (exact) mass is 563 g/mol. The molecule has 0 aromatic heterocycles. The van der Waals surface area contributed by atoms with Crippen LogP contribution in [0.15, 0.2) is 83.8 Å². The van der Waals surface area contributed by atoms with Crippen LogP contribution >= 0.6 is 0 Å². The number of hydrogen-bond acceptors (Lipinski definition) is 4. The van der Waals surface area contributed by atoms with E-state index >= 15 is 0 Å². The van der Waals surface area contributed by atoms with E-state index in [1.54, 1.807) is 36.4 Å². The smallest absolute Gasteiger partial charge is 0.264 e. The van der Waals surface area contributed by atoms with Crippen LogP contribution in [0.4, 0.5) is 5.69 Å². The van der Waals surface area contributed by atoms with Gasteiger partial charge >= 0.3 is 0 Å². The van der Waals surface area contributed by atoms with Crippen molar-refractivity contribution in [1.82, 2.24) is 10.2 Å². The molecule has 0 spiro atoms. The number of rotatable bonds is 11. The predicted molar refractivity (Wildman–Crippen MR) is 161 cm³/mol. The molecule has 3 aromatic rings. The molecule has 0 aliphatic heterocycles. The molecule has 0 saturated carbocycles. The zero-order valence-electron chi connectivity index (χ0n) is 24.3. The molecule has 0 fully saturated rings. The van der Waals surface area contributed by atoms with Gasteiger partial charge in [0.2, 0.25) is 11.8 Å². The van der Waals surface area contributed by atoms with Gasteiger partial charge in [-0.3, -0.25) is 13.9 Å². The number of aryl methyl sites for hydroxylation is 2. The van der Waals surface area contributed by atoms with Crippen molar-refractivity contribution in [3.8, 4) is 0 Å². The van der Waals surface area contributed by atoms with Crippen molar-refractivity contribution in [3.05, 3.63) is 95.6 Å². The zero-order valence-corrected chi connectivity index (χ0v) is 25.2. The number of amides is 2. The third kappa shape index (κ3) is 8.18. The first-order valence-electron chi connectivity index (χ1n) is 13.6. The highest BCUT2D eigenvalue weighted by atomic mass is 32.2. The largest absolute Gasteiger partial charge is 0.350 e. The highest BCUT2D eigenvalue weighted by molar-refractivity contribution is 7.92. The summed E-state index contributed by atoms with van der Waals surface area (Å²) in [5.74, 6) is -0.706. The van der Waals surface area contributed by atoms with Gasteiger partial charge in [0.25, 0.3) is 10.0 Å². The molecule has 214 valence electrons. The number of anilines is 1. The Morgan fingerprint density at radius 1 is 0.850 bits per heavy atom. The van der Waals surface area contributed by atoms with E-state index < -0.39 is 34.1 Å². The molecule has 0 aliphatic rings. The van der Waals surface area contributed by atoms with Gasteiger partial charge in [0, 0.05) is 12.1 Å². The number of carbonyl (C=O) groups excluding carboxylic acids is 2. The van der Waals surface area contributed by atoms with E-state index in [9.17, 15) is 18.0 Å². The number of sulfonamides is 1. The van der Waals surface area contributed by atoms with E-state index in [1.165, 1.54) is 4.90 Å². The fourth-order valence-corrected chi connectivity index (χ4v) is 5.84. The normalized spacial score (nSPS) is 12.4. The second-order valence-electron chi connectivity index (χ2n) is 11.1. The quantitative estimate of drug-likeness (QED) is 0.345. The topological polar surface area (TPSA) is 86.8 Å². The third-order valence-corrected chi connectivity index (χ3v) is 8.37.